The Morgan fingerprint density at radius 1 is 1.15 bits per heavy atom. The van der Waals surface area contributed by atoms with E-state index in [1.54, 1.807) is 12.1 Å². The number of benzene rings is 1. The molecule has 0 unspecified atom stereocenters. The van der Waals surface area contributed by atoms with Gasteiger partial charge < -0.3 is 10.6 Å². The molecule has 20 heavy (non-hydrogen) atoms. The molecule has 0 fully saturated rings. The molecule has 0 heterocycles. The number of carbonyl (C=O) groups excluding carboxylic acids is 2. The zero-order valence-corrected chi connectivity index (χ0v) is 12.9. The van der Waals surface area contributed by atoms with Gasteiger partial charge in [-0.2, -0.15) is 0 Å². The largest absolute Gasteiger partial charge is 0.354 e. The summed E-state index contributed by atoms with van der Waals surface area (Å²) in [5.74, 6) is -0.304. The summed E-state index contributed by atoms with van der Waals surface area (Å²) in [6.45, 7) is 2.77. The van der Waals surface area contributed by atoms with Crippen LogP contribution < -0.4 is 10.6 Å². The van der Waals surface area contributed by atoms with E-state index < -0.39 is 0 Å². The average molecular weight is 317 g/mol. The average Bonchev–Trinajstić information content (AvgIpc) is 2.43. The topological polar surface area (TPSA) is 58.2 Å². The third-order valence-corrected chi connectivity index (χ3v) is 3.23. The van der Waals surface area contributed by atoms with Crippen molar-refractivity contribution in [3.05, 3.63) is 33.8 Å². The summed E-state index contributed by atoms with van der Waals surface area (Å²) in [4.78, 5) is 23.2. The molecule has 0 radical (unpaired) electrons. The van der Waals surface area contributed by atoms with Crippen molar-refractivity contribution in [2.75, 3.05) is 13.1 Å². The molecule has 4 nitrogen and oxygen atoms in total. The first-order valence-electron chi connectivity index (χ1n) is 6.54. The van der Waals surface area contributed by atoms with Crippen LogP contribution in [0, 0.1) is 0 Å². The lowest BCUT2D eigenvalue weighted by molar-refractivity contribution is -0.121. The molecule has 1 aromatic rings. The van der Waals surface area contributed by atoms with E-state index in [9.17, 15) is 9.59 Å². The highest BCUT2D eigenvalue weighted by Crippen LogP contribution is 2.20. The van der Waals surface area contributed by atoms with E-state index in [1.165, 1.54) is 6.07 Å². The minimum atomic E-state index is -0.305. The fourth-order valence-corrected chi connectivity index (χ4v) is 1.95. The summed E-state index contributed by atoms with van der Waals surface area (Å²) >= 11 is 11.7. The van der Waals surface area contributed by atoms with E-state index in [2.05, 4.69) is 10.6 Å². The molecular weight excluding hydrogens is 299 g/mol. The summed E-state index contributed by atoms with van der Waals surface area (Å²) in [5.41, 5.74) is 0.330. The molecule has 0 aliphatic carbocycles. The number of nitrogens with one attached hydrogen (secondary N) is 2. The lowest BCUT2D eigenvalue weighted by Crippen LogP contribution is -2.34. The van der Waals surface area contributed by atoms with E-state index in [0.29, 0.717) is 35.1 Å². The lowest BCUT2D eigenvalue weighted by atomic mass is 10.2. The molecular formula is C14H18Cl2N2O2. The van der Waals surface area contributed by atoms with Crippen molar-refractivity contribution in [2.45, 2.75) is 26.2 Å². The second-order valence-corrected chi connectivity index (χ2v) is 5.18. The Kier molecular flexibility index (Phi) is 7.41. The zero-order valence-electron chi connectivity index (χ0n) is 11.3. The smallest absolute Gasteiger partial charge is 0.252 e. The van der Waals surface area contributed by atoms with Crippen molar-refractivity contribution < 1.29 is 9.59 Å². The number of hydrogen-bond acceptors (Lipinski definition) is 2. The van der Waals surface area contributed by atoms with E-state index >= 15 is 0 Å². The Bertz CT molecular complexity index is 478. The molecule has 1 aromatic carbocycles. The molecule has 0 atom stereocenters. The van der Waals surface area contributed by atoms with Crippen LogP contribution in [-0.4, -0.2) is 24.9 Å². The van der Waals surface area contributed by atoms with Crippen LogP contribution in [0.4, 0.5) is 0 Å². The molecule has 0 saturated carbocycles. The Morgan fingerprint density at radius 2 is 1.85 bits per heavy atom. The summed E-state index contributed by atoms with van der Waals surface area (Å²) < 4.78 is 0. The Morgan fingerprint density at radius 3 is 2.55 bits per heavy atom. The van der Waals surface area contributed by atoms with Crippen LogP contribution in [-0.2, 0) is 4.79 Å². The highest BCUT2D eigenvalue weighted by atomic mass is 35.5. The number of rotatable bonds is 7. The SMILES string of the molecule is CCCCC(=O)NCCNC(=O)c1cc(Cl)ccc1Cl. The van der Waals surface area contributed by atoms with E-state index in [1.807, 2.05) is 6.92 Å². The molecule has 0 aliphatic heterocycles. The van der Waals surface area contributed by atoms with Crippen molar-refractivity contribution in [3.63, 3.8) is 0 Å². The maximum absolute atomic E-state index is 11.9. The maximum atomic E-state index is 11.9. The Hall–Kier alpha value is -1.26. The van der Waals surface area contributed by atoms with E-state index in [-0.39, 0.29) is 11.8 Å². The minimum Gasteiger partial charge on any atom is -0.354 e. The summed E-state index contributed by atoms with van der Waals surface area (Å²) in [7, 11) is 0. The molecule has 0 aliphatic rings. The van der Waals surface area contributed by atoms with Gasteiger partial charge in [0.15, 0.2) is 0 Å². The molecule has 2 amide bonds. The van der Waals surface area contributed by atoms with Gasteiger partial charge in [0.1, 0.15) is 0 Å². The molecule has 6 heteroatoms. The third kappa shape index (κ3) is 5.80. The van der Waals surface area contributed by atoms with Crippen molar-refractivity contribution in [1.29, 1.82) is 0 Å². The van der Waals surface area contributed by atoms with Crippen LogP contribution in [0.1, 0.15) is 36.5 Å². The standard InChI is InChI=1S/C14H18Cl2N2O2/c1-2-3-4-13(19)17-7-8-18-14(20)11-9-10(15)5-6-12(11)16/h5-6,9H,2-4,7-8H2,1H3,(H,17,19)(H,18,20). The Balaban J connectivity index is 2.33. The van der Waals surface area contributed by atoms with Gasteiger partial charge >= 0.3 is 0 Å². The van der Waals surface area contributed by atoms with Gasteiger partial charge in [0.05, 0.1) is 10.6 Å². The highest BCUT2D eigenvalue weighted by molar-refractivity contribution is 6.35. The van der Waals surface area contributed by atoms with E-state index in [0.717, 1.165) is 12.8 Å². The van der Waals surface area contributed by atoms with Gasteiger partial charge in [0, 0.05) is 24.5 Å². The first-order valence-corrected chi connectivity index (χ1v) is 7.30. The fourth-order valence-electron chi connectivity index (χ4n) is 1.57. The predicted molar refractivity (Wildman–Crippen MR) is 81.3 cm³/mol. The van der Waals surface area contributed by atoms with Gasteiger partial charge in [-0.3, -0.25) is 9.59 Å². The molecule has 0 aromatic heterocycles. The number of amides is 2. The highest BCUT2D eigenvalue weighted by Gasteiger charge is 2.10. The van der Waals surface area contributed by atoms with Crippen LogP contribution in [0.3, 0.4) is 0 Å². The Labute approximate surface area is 128 Å². The van der Waals surface area contributed by atoms with Gasteiger partial charge in [-0.1, -0.05) is 36.5 Å². The minimum absolute atomic E-state index is 0.00175. The zero-order chi connectivity index (χ0) is 15.0. The predicted octanol–water partition coefficient (Wildman–Crippen LogP) is 3.03. The van der Waals surface area contributed by atoms with Crippen LogP contribution in [0.5, 0.6) is 0 Å². The second-order valence-electron chi connectivity index (χ2n) is 4.33. The number of halogens is 2. The number of unbranched alkanes of at least 4 members (excludes halogenated alkanes) is 1. The summed E-state index contributed by atoms with van der Waals surface area (Å²) in [6.07, 6.45) is 2.37. The van der Waals surface area contributed by atoms with Crippen molar-refractivity contribution in [3.8, 4) is 0 Å². The van der Waals surface area contributed by atoms with Crippen LogP contribution in [0.25, 0.3) is 0 Å². The molecule has 2 N–H and O–H groups in total. The third-order valence-electron chi connectivity index (χ3n) is 2.66. The number of carbonyl (C=O) groups is 2. The quantitative estimate of drug-likeness (QED) is 0.760. The monoisotopic (exact) mass is 316 g/mol. The van der Waals surface area contributed by atoms with Crippen LogP contribution in [0.2, 0.25) is 10.0 Å². The van der Waals surface area contributed by atoms with Gasteiger partial charge in [0.25, 0.3) is 5.91 Å². The van der Waals surface area contributed by atoms with Gasteiger partial charge in [-0.05, 0) is 24.6 Å². The number of hydrogen-bond donors (Lipinski definition) is 2. The second kappa shape index (κ2) is 8.82. The van der Waals surface area contributed by atoms with Gasteiger partial charge in [-0.15, -0.1) is 0 Å². The van der Waals surface area contributed by atoms with Crippen LogP contribution >= 0.6 is 23.2 Å². The normalized spacial score (nSPS) is 10.2. The molecule has 0 spiro atoms. The van der Waals surface area contributed by atoms with Gasteiger partial charge in [0.2, 0.25) is 5.91 Å². The fraction of sp³-hybridized carbons (Fsp3) is 0.429. The summed E-state index contributed by atoms with van der Waals surface area (Å²) in [6, 6.07) is 4.71. The van der Waals surface area contributed by atoms with Crippen molar-refractivity contribution >= 4 is 35.0 Å². The van der Waals surface area contributed by atoms with Gasteiger partial charge in [-0.25, -0.2) is 0 Å². The molecule has 0 saturated heterocycles. The van der Waals surface area contributed by atoms with Crippen molar-refractivity contribution in [2.24, 2.45) is 0 Å². The molecule has 110 valence electrons. The van der Waals surface area contributed by atoms with Crippen LogP contribution in [0.15, 0.2) is 18.2 Å². The van der Waals surface area contributed by atoms with Crippen molar-refractivity contribution in [1.82, 2.24) is 10.6 Å². The maximum Gasteiger partial charge on any atom is 0.252 e. The first-order chi connectivity index (χ1) is 9.54. The molecule has 0 bridgehead atoms. The van der Waals surface area contributed by atoms with E-state index in [4.69, 9.17) is 23.2 Å². The lowest BCUT2D eigenvalue weighted by Gasteiger charge is -2.08. The first kappa shape index (κ1) is 16.8. The summed E-state index contributed by atoms with van der Waals surface area (Å²) in [5, 5.41) is 6.22. The molecule has 1 rings (SSSR count).